The molecule has 0 radical (unpaired) electrons. The molecule has 17 heavy (non-hydrogen) atoms. The lowest BCUT2D eigenvalue weighted by atomic mass is 10.1. The summed E-state index contributed by atoms with van der Waals surface area (Å²) < 4.78 is 13.6. The van der Waals surface area contributed by atoms with Gasteiger partial charge in [0.15, 0.2) is 0 Å². The predicted molar refractivity (Wildman–Crippen MR) is 67.6 cm³/mol. The van der Waals surface area contributed by atoms with Crippen LogP contribution in [0.15, 0.2) is 18.2 Å². The maximum absolute atomic E-state index is 13.6. The number of amides is 1. The third kappa shape index (κ3) is 3.55. The summed E-state index contributed by atoms with van der Waals surface area (Å²) in [4.78, 5) is 13.7. The van der Waals surface area contributed by atoms with E-state index in [0.29, 0.717) is 12.1 Å². The molecule has 0 unspecified atom stereocenters. The van der Waals surface area contributed by atoms with Gasteiger partial charge in [0.2, 0.25) is 0 Å². The quantitative estimate of drug-likeness (QED) is 0.719. The highest BCUT2D eigenvalue weighted by Gasteiger charge is 2.17. The number of hydrogen-bond acceptors (Lipinski definition) is 1. The number of nitrogens with zero attached hydrogens (tertiary/aromatic N) is 1. The van der Waals surface area contributed by atoms with E-state index >= 15 is 0 Å². The third-order valence-corrected chi connectivity index (χ3v) is 2.88. The summed E-state index contributed by atoms with van der Waals surface area (Å²) in [6, 6.07) is 4.72. The van der Waals surface area contributed by atoms with Crippen LogP contribution in [0.4, 0.5) is 4.39 Å². The molecular weight excluding hydrogens is 217 g/mol. The Hall–Kier alpha value is -1.38. The molecule has 0 aliphatic rings. The molecule has 0 fully saturated rings. The van der Waals surface area contributed by atoms with Crippen molar-refractivity contribution < 1.29 is 9.18 Å². The fourth-order valence-corrected chi connectivity index (χ4v) is 1.79. The van der Waals surface area contributed by atoms with Gasteiger partial charge in [-0.05, 0) is 25.0 Å². The van der Waals surface area contributed by atoms with Crippen LogP contribution in [-0.4, -0.2) is 24.4 Å². The minimum absolute atomic E-state index is 0.200. The molecule has 3 heteroatoms. The minimum atomic E-state index is -0.433. The van der Waals surface area contributed by atoms with Crippen molar-refractivity contribution in [1.82, 2.24) is 4.90 Å². The zero-order valence-corrected chi connectivity index (χ0v) is 10.8. The number of hydrogen-bond donors (Lipinski definition) is 0. The molecule has 1 amide bonds. The molecule has 0 heterocycles. The molecule has 1 aromatic rings. The van der Waals surface area contributed by atoms with Crippen LogP contribution < -0.4 is 0 Å². The Balaban J connectivity index is 2.75. The van der Waals surface area contributed by atoms with E-state index in [-0.39, 0.29) is 11.5 Å². The average Bonchev–Trinajstić information content (AvgIpc) is 2.28. The van der Waals surface area contributed by atoms with E-state index in [9.17, 15) is 9.18 Å². The molecule has 0 aliphatic carbocycles. The van der Waals surface area contributed by atoms with Crippen LogP contribution in [-0.2, 0) is 0 Å². The molecular formula is C14H20FNO. The average molecular weight is 237 g/mol. The highest BCUT2D eigenvalue weighted by Crippen LogP contribution is 2.15. The molecule has 0 spiro atoms. The monoisotopic (exact) mass is 237 g/mol. The molecule has 0 atom stereocenters. The topological polar surface area (TPSA) is 20.3 Å². The summed E-state index contributed by atoms with van der Waals surface area (Å²) >= 11 is 0. The van der Waals surface area contributed by atoms with Crippen LogP contribution in [0.2, 0.25) is 0 Å². The second-order valence-corrected chi connectivity index (χ2v) is 4.37. The van der Waals surface area contributed by atoms with Gasteiger partial charge in [-0.3, -0.25) is 4.79 Å². The van der Waals surface area contributed by atoms with E-state index in [0.717, 1.165) is 19.3 Å². The standard InChI is InChI=1S/C14H20FNO/c1-4-5-6-10-16(3)14(17)13-11(2)8-7-9-12(13)15/h7-9H,4-6,10H2,1-3H3. The Morgan fingerprint density at radius 3 is 2.65 bits per heavy atom. The first-order valence-corrected chi connectivity index (χ1v) is 6.08. The SMILES string of the molecule is CCCCCN(C)C(=O)c1c(C)cccc1F. The molecule has 0 saturated heterocycles. The van der Waals surface area contributed by atoms with Gasteiger partial charge in [-0.25, -0.2) is 4.39 Å². The first kappa shape index (κ1) is 13.7. The fourth-order valence-electron chi connectivity index (χ4n) is 1.79. The van der Waals surface area contributed by atoms with Gasteiger partial charge in [-0.1, -0.05) is 31.9 Å². The maximum atomic E-state index is 13.6. The number of benzene rings is 1. The lowest BCUT2D eigenvalue weighted by molar-refractivity contribution is 0.0787. The number of halogens is 1. The van der Waals surface area contributed by atoms with Crippen LogP contribution in [0, 0.1) is 12.7 Å². The molecule has 1 rings (SSSR count). The van der Waals surface area contributed by atoms with Crippen molar-refractivity contribution in [1.29, 1.82) is 0 Å². The van der Waals surface area contributed by atoms with Crippen molar-refractivity contribution in [2.75, 3.05) is 13.6 Å². The van der Waals surface area contributed by atoms with E-state index in [1.165, 1.54) is 6.07 Å². The van der Waals surface area contributed by atoms with Crippen molar-refractivity contribution in [2.24, 2.45) is 0 Å². The van der Waals surface area contributed by atoms with Gasteiger partial charge in [0.25, 0.3) is 5.91 Å². The second-order valence-electron chi connectivity index (χ2n) is 4.37. The molecule has 0 bridgehead atoms. The number of aryl methyl sites for hydroxylation is 1. The van der Waals surface area contributed by atoms with E-state index in [2.05, 4.69) is 6.92 Å². The zero-order valence-electron chi connectivity index (χ0n) is 10.8. The van der Waals surface area contributed by atoms with E-state index < -0.39 is 5.82 Å². The normalized spacial score (nSPS) is 10.4. The summed E-state index contributed by atoms with van der Waals surface area (Å²) in [5, 5.41) is 0. The third-order valence-electron chi connectivity index (χ3n) is 2.88. The molecule has 2 nitrogen and oxygen atoms in total. The minimum Gasteiger partial charge on any atom is -0.342 e. The predicted octanol–water partition coefficient (Wildman–Crippen LogP) is 3.40. The summed E-state index contributed by atoms with van der Waals surface area (Å²) in [5.74, 6) is -0.658. The summed E-state index contributed by atoms with van der Waals surface area (Å²) in [5.41, 5.74) is 0.892. The molecule has 94 valence electrons. The highest BCUT2D eigenvalue weighted by atomic mass is 19.1. The van der Waals surface area contributed by atoms with Crippen molar-refractivity contribution >= 4 is 5.91 Å². The van der Waals surface area contributed by atoms with Gasteiger partial charge in [0.1, 0.15) is 5.82 Å². The lowest BCUT2D eigenvalue weighted by Gasteiger charge is -2.18. The number of rotatable bonds is 5. The Morgan fingerprint density at radius 2 is 2.06 bits per heavy atom. The largest absolute Gasteiger partial charge is 0.342 e. The molecule has 0 saturated carbocycles. The number of carbonyl (C=O) groups is 1. The van der Waals surface area contributed by atoms with Gasteiger partial charge in [-0.15, -0.1) is 0 Å². The van der Waals surface area contributed by atoms with Crippen molar-refractivity contribution in [3.05, 3.63) is 35.1 Å². The molecule has 0 N–H and O–H groups in total. The van der Waals surface area contributed by atoms with Gasteiger partial charge < -0.3 is 4.90 Å². The Kier molecular flexibility index (Phi) is 5.13. The lowest BCUT2D eigenvalue weighted by Crippen LogP contribution is -2.29. The van der Waals surface area contributed by atoms with Crippen molar-refractivity contribution in [2.45, 2.75) is 33.1 Å². The van der Waals surface area contributed by atoms with Crippen LogP contribution in [0.5, 0.6) is 0 Å². The van der Waals surface area contributed by atoms with E-state index in [1.807, 2.05) is 0 Å². The number of unbranched alkanes of at least 4 members (excludes halogenated alkanes) is 2. The first-order chi connectivity index (χ1) is 8.07. The van der Waals surface area contributed by atoms with E-state index in [1.54, 1.807) is 31.0 Å². The molecule has 1 aromatic carbocycles. The fraction of sp³-hybridized carbons (Fsp3) is 0.500. The Morgan fingerprint density at radius 1 is 1.35 bits per heavy atom. The van der Waals surface area contributed by atoms with Crippen LogP contribution >= 0.6 is 0 Å². The van der Waals surface area contributed by atoms with Gasteiger partial charge in [0.05, 0.1) is 5.56 Å². The van der Waals surface area contributed by atoms with Gasteiger partial charge in [-0.2, -0.15) is 0 Å². The van der Waals surface area contributed by atoms with Crippen LogP contribution in [0.1, 0.15) is 42.1 Å². The van der Waals surface area contributed by atoms with E-state index in [4.69, 9.17) is 0 Å². The molecule has 0 aliphatic heterocycles. The summed E-state index contributed by atoms with van der Waals surface area (Å²) in [6.07, 6.45) is 3.17. The second kappa shape index (κ2) is 6.38. The zero-order chi connectivity index (χ0) is 12.8. The summed E-state index contributed by atoms with van der Waals surface area (Å²) in [6.45, 7) is 4.56. The first-order valence-electron chi connectivity index (χ1n) is 6.08. The smallest absolute Gasteiger partial charge is 0.256 e. The van der Waals surface area contributed by atoms with Crippen LogP contribution in [0.25, 0.3) is 0 Å². The van der Waals surface area contributed by atoms with Gasteiger partial charge >= 0.3 is 0 Å². The Bertz CT molecular complexity index is 370. The molecule has 0 aromatic heterocycles. The van der Waals surface area contributed by atoms with Crippen molar-refractivity contribution in [3.63, 3.8) is 0 Å². The van der Waals surface area contributed by atoms with Crippen molar-refractivity contribution in [3.8, 4) is 0 Å². The maximum Gasteiger partial charge on any atom is 0.256 e. The number of carbonyl (C=O) groups excluding carboxylic acids is 1. The highest BCUT2D eigenvalue weighted by molar-refractivity contribution is 5.95. The van der Waals surface area contributed by atoms with Gasteiger partial charge in [0, 0.05) is 13.6 Å². The Labute approximate surface area is 102 Å². The van der Waals surface area contributed by atoms with Crippen LogP contribution in [0.3, 0.4) is 0 Å². The summed E-state index contributed by atoms with van der Waals surface area (Å²) in [7, 11) is 1.73.